The normalized spacial score (nSPS) is 27.4. The minimum Gasteiger partial charge on any atom is -0.508 e. The molecule has 2 aliphatic rings. The first kappa shape index (κ1) is 16.8. The molecule has 0 spiro atoms. The van der Waals surface area contributed by atoms with Crippen molar-refractivity contribution in [3.05, 3.63) is 29.8 Å². The summed E-state index contributed by atoms with van der Waals surface area (Å²) in [7, 11) is 0. The lowest BCUT2D eigenvalue weighted by molar-refractivity contribution is -0.312. The Labute approximate surface area is 136 Å². The first-order valence-corrected chi connectivity index (χ1v) is 7.75. The predicted octanol–water partition coefficient (Wildman–Crippen LogP) is 3.04. The minimum atomic E-state index is -5.04. The Hall–Kier alpha value is -2.09. The van der Waals surface area contributed by atoms with Crippen LogP contribution in [0.5, 0.6) is 5.75 Å². The van der Waals surface area contributed by atoms with Gasteiger partial charge in [0.15, 0.2) is 0 Å². The fraction of sp³-hybridized carbons (Fsp3) is 0.500. The molecular formula is C16H17F3N2O3. The summed E-state index contributed by atoms with van der Waals surface area (Å²) in [6, 6.07) is 4.96. The standard InChI is InChI=1S/C16H17F3N2O3/c17-16(18,19)15(24)12-7-2-1-3-8-13(12)20-21(15)14(23)10-5-4-6-11(22)9-10/h4-6,9,12,22,24H,1-3,7-8H2/t12-,15-/m1/s1. The van der Waals surface area contributed by atoms with E-state index >= 15 is 0 Å². The van der Waals surface area contributed by atoms with Gasteiger partial charge in [-0.05, 0) is 37.5 Å². The van der Waals surface area contributed by atoms with E-state index in [4.69, 9.17) is 0 Å². The molecule has 2 N–H and O–H groups in total. The Morgan fingerprint density at radius 1 is 1.29 bits per heavy atom. The molecular weight excluding hydrogens is 325 g/mol. The second-order valence-electron chi connectivity index (χ2n) is 6.13. The molecule has 3 rings (SSSR count). The zero-order chi connectivity index (χ0) is 17.5. The Bertz CT molecular complexity index is 689. The van der Waals surface area contributed by atoms with E-state index in [0.29, 0.717) is 19.3 Å². The first-order valence-electron chi connectivity index (χ1n) is 7.75. The Morgan fingerprint density at radius 3 is 2.71 bits per heavy atom. The third-order valence-corrected chi connectivity index (χ3v) is 4.57. The van der Waals surface area contributed by atoms with Gasteiger partial charge in [0, 0.05) is 11.3 Å². The van der Waals surface area contributed by atoms with Gasteiger partial charge in [-0.25, -0.2) is 0 Å². The number of aliphatic hydroxyl groups is 1. The number of hydrogen-bond donors (Lipinski definition) is 2. The highest BCUT2D eigenvalue weighted by Crippen LogP contribution is 2.48. The van der Waals surface area contributed by atoms with Crippen LogP contribution in [0.1, 0.15) is 42.5 Å². The molecule has 24 heavy (non-hydrogen) atoms. The van der Waals surface area contributed by atoms with Crippen molar-refractivity contribution < 1.29 is 28.2 Å². The van der Waals surface area contributed by atoms with E-state index in [-0.39, 0.29) is 28.5 Å². The van der Waals surface area contributed by atoms with Crippen LogP contribution < -0.4 is 0 Å². The molecule has 5 nitrogen and oxygen atoms in total. The Balaban J connectivity index is 2.05. The van der Waals surface area contributed by atoms with Gasteiger partial charge in [0.05, 0.1) is 5.92 Å². The minimum absolute atomic E-state index is 0.124. The molecule has 0 bridgehead atoms. The summed E-state index contributed by atoms with van der Waals surface area (Å²) in [5.74, 6) is -2.59. The highest BCUT2D eigenvalue weighted by Gasteiger charge is 2.68. The largest absolute Gasteiger partial charge is 0.508 e. The molecule has 1 aliphatic carbocycles. The van der Waals surface area contributed by atoms with Gasteiger partial charge in [-0.1, -0.05) is 18.9 Å². The van der Waals surface area contributed by atoms with E-state index in [1.165, 1.54) is 18.2 Å². The smallest absolute Gasteiger partial charge is 0.439 e. The third-order valence-electron chi connectivity index (χ3n) is 4.57. The van der Waals surface area contributed by atoms with E-state index in [2.05, 4.69) is 5.10 Å². The fourth-order valence-corrected chi connectivity index (χ4v) is 3.36. The molecule has 0 aromatic heterocycles. The van der Waals surface area contributed by atoms with E-state index in [0.717, 1.165) is 12.5 Å². The Kier molecular flexibility index (Phi) is 4.03. The van der Waals surface area contributed by atoms with Crippen molar-refractivity contribution in [1.29, 1.82) is 0 Å². The lowest BCUT2D eigenvalue weighted by Gasteiger charge is -2.37. The number of alkyl halides is 3. The van der Waals surface area contributed by atoms with Crippen LogP contribution in [0.3, 0.4) is 0 Å². The van der Waals surface area contributed by atoms with Crippen molar-refractivity contribution >= 4 is 11.6 Å². The monoisotopic (exact) mass is 342 g/mol. The van der Waals surface area contributed by atoms with Crippen molar-refractivity contribution in [3.63, 3.8) is 0 Å². The lowest BCUT2D eigenvalue weighted by Crippen LogP contribution is -2.61. The van der Waals surface area contributed by atoms with E-state index in [9.17, 15) is 28.2 Å². The van der Waals surface area contributed by atoms with Crippen LogP contribution in [-0.2, 0) is 0 Å². The molecule has 1 aromatic rings. The maximum atomic E-state index is 13.7. The number of rotatable bonds is 1. The van der Waals surface area contributed by atoms with Crippen molar-refractivity contribution in [2.45, 2.75) is 44.0 Å². The predicted molar refractivity (Wildman–Crippen MR) is 79.3 cm³/mol. The van der Waals surface area contributed by atoms with Crippen molar-refractivity contribution in [2.75, 3.05) is 0 Å². The molecule has 1 aliphatic heterocycles. The van der Waals surface area contributed by atoms with E-state index in [1.54, 1.807) is 0 Å². The number of carbonyl (C=O) groups is 1. The zero-order valence-corrected chi connectivity index (χ0v) is 12.8. The van der Waals surface area contributed by atoms with Crippen molar-refractivity contribution in [2.24, 2.45) is 11.0 Å². The summed E-state index contributed by atoms with van der Waals surface area (Å²) >= 11 is 0. The first-order chi connectivity index (χ1) is 11.2. The molecule has 1 amide bonds. The molecule has 0 saturated heterocycles. The average Bonchev–Trinajstić information content (AvgIpc) is 2.68. The van der Waals surface area contributed by atoms with Crippen LogP contribution in [0.15, 0.2) is 29.4 Å². The summed E-state index contributed by atoms with van der Waals surface area (Å²) in [4.78, 5) is 12.5. The molecule has 0 radical (unpaired) electrons. The highest BCUT2D eigenvalue weighted by molar-refractivity contribution is 5.99. The van der Waals surface area contributed by atoms with Gasteiger partial charge < -0.3 is 10.2 Å². The van der Waals surface area contributed by atoms with Crippen LogP contribution in [0.2, 0.25) is 0 Å². The number of amides is 1. The summed E-state index contributed by atoms with van der Waals surface area (Å²) in [6.07, 6.45) is -2.61. The number of phenolic OH excluding ortho intramolecular Hbond substituents is 1. The van der Waals surface area contributed by atoms with Crippen LogP contribution in [0, 0.1) is 5.92 Å². The SMILES string of the molecule is O=C(c1cccc(O)c1)N1N=C2CCCCC[C@H]2[C@@]1(O)C(F)(F)F. The number of phenols is 1. The van der Waals surface area contributed by atoms with Gasteiger partial charge in [-0.15, -0.1) is 0 Å². The molecule has 8 heteroatoms. The highest BCUT2D eigenvalue weighted by atomic mass is 19.4. The van der Waals surface area contributed by atoms with Crippen molar-refractivity contribution in [1.82, 2.24) is 5.01 Å². The number of aromatic hydroxyl groups is 1. The number of benzene rings is 1. The second-order valence-corrected chi connectivity index (χ2v) is 6.13. The van der Waals surface area contributed by atoms with Crippen LogP contribution in [0.25, 0.3) is 0 Å². The van der Waals surface area contributed by atoms with E-state index < -0.39 is 23.7 Å². The third kappa shape index (κ3) is 2.54. The molecule has 1 aromatic carbocycles. The van der Waals surface area contributed by atoms with Gasteiger partial charge >= 0.3 is 6.18 Å². The topological polar surface area (TPSA) is 73.1 Å². The van der Waals surface area contributed by atoms with Gasteiger partial charge in [0.1, 0.15) is 5.75 Å². The fourth-order valence-electron chi connectivity index (χ4n) is 3.36. The maximum absolute atomic E-state index is 13.7. The van der Waals surface area contributed by atoms with Gasteiger partial charge in [0.25, 0.3) is 11.6 Å². The zero-order valence-electron chi connectivity index (χ0n) is 12.8. The summed E-state index contributed by atoms with van der Waals surface area (Å²) in [5, 5.41) is 23.9. The summed E-state index contributed by atoms with van der Waals surface area (Å²) in [5.41, 5.74) is -3.31. The number of fused-ring (bicyclic) bond motifs is 1. The number of hydrogen-bond acceptors (Lipinski definition) is 4. The van der Waals surface area contributed by atoms with Crippen molar-refractivity contribution in [3.8, 4) is 5.75 Å². The molecule has 130 valence electrons. The van der Waals surface area contributed by atoms with Crippen LogP contribution >= 0.6 is 0 Å². The molecule has 1 saturated carbocycles. The molecule has 0 unspecified atom stereocenters. The summed E-state index contributed by atoms with van der Waals surface area (Å²) in [6.45, 7) is 0. The quantitative estimate of drug-likeness (QED) is 0.824. The number of carbonyl (C=O) groups excluding carboxylic acids is 1. The number of hydrazone groups is 1. The average molecular weight is 342 g/mol. The second kappa shape index (κ2) is 5.77. The van der Waals surface area contributed by atoms with Gasteiger partial charge in [-0.2, -0.15) is 23.3 Å². The van der Waals surface area contributed by atoms with Gasteiger partial charge in [-0.3, -0.25) is 4.79 Å². The van der Waals surface area contributed by atoms with Crippen LogP contribution in [-0.4, -0.2) is 38.7 Å². The summed E-state index contributed by atoms with van der Waals surface area (Å²) < 4.78 is 41.1. The lowest BCUT2D eigenvalue weighted by atomic mass is 9.87. The molecule has 1 heterocycles. The van der Waals surface area contributed by atoms with Crippen LogP contribution in [0.4, 0.5) is 13.2 Å². The Morgan fingerprint density at radius 2 is 2.04 bits per heavy atom. The van der Waals surface area contributed by atoms with Gasteiger partial charge in [0.2, 0.25) is 0 Å². The molecule has 2 atom stereocenters. The number of halogens is 3. The van der Waals surface area contributed by atoms with E-state index in [1.807, 2.05) is 0 Å². The maximum Gasteiger partial charge on any atom is 0.439 e. The number of nitrogens with zero attached hydrogens (tertiary/aromatic N) is 2. The molecule has 1 fully saturated rings.